The molecule has 0 aromatic carbocycles. The fourth-order valence-electron chi connectivity index (χ4n) is 2.08. The van der Waals surface area contributed by atoms with E-state index in [1.807, 2.05) is 12.2 Å². The van der Waals surface area contributed by atoms with E-state index in [-0.39, 0.29) is 6.42 Å². The first-order valence-electron chi connectivity index (χ1n) is 9.25. The largest absolute Gasteiger partial charge is 0.448 e. The van der Waals surface area contributed by atoms with Gasteiger partial charge in [0.15, 0.2) is 0 Å². The molecule has 5 nitrogen and oxygen atoms in total. The Hall–Kier alpha value is -1.66. The summed E-state index contributed by atoms with van der Waals surface area (Å²) >= 11 is 0. The van der Waals surface area contributed by atoms with E-state index in [0.29, 0.717) is 12.8 Å². The molecule has 0 bridgehead atoms. The Labute approximate surface area is 158 Å². The second-order valence-corrected chi connectivity index (χ2v) is 6.89. The molecule has 0 aliphatic carbocycles. The molecule has 0 radical (unpaired) electrons. The van der Waals surface area contributed by atoms with Crippen molar-refractivity contribution >= 4 is 16.4 Å². The Balaban J connectivity index is 3.56. The topological polar surface area (TPSA) is 80.7 Å². The van der Waals surface area contributed by atoms with Crippen LogP contribution in [0.5, 0.6) is 0 Å². The van der Waals surface area contributed by atoms with Crippen molar-refractivity contribution in [1.82, 2.24) is 0 Å². The predicted octanol–water partition coefficient (Wildman–Crippen LogP) is 5.48. The molecule has 0 amide bonds. The van der Waals surface area contributed by atoms with Gasteiger partial charge in [0.2, 0.25) is 0 Å². The van der Waals surface area contributed by atoms with Gasteiger partial charge in [0.05, 0.1) is 0 Å². The summed E-state index contributed by atoms with van der Waals surface area (Å²) in [5.74, 6) is -0.941. The van der Waals surface area contributed by atoms with Gasteiger partial charge >= 0.3 is 16.4 Å². The Kier molecular flexibility index (Phi) is 15.7. The summed E-state index contributed by atoms with van der Waals surface area (Å²) in [4.78, 5) is 11.0. The number of rotatable bonds is 15. The first-order chi connectivity index (χ1) is 12.5. The molecule has 0 fully saturated rings. The molecule has 0 aromatic rings. The van der Waals surface area contributed by atoms with Crippen LogP contribution in [0.15, 0.2) is 48.6 Å². The number of unbranched alkanes of at least 4 members (excludes halogenated alkanes) is 4. The van der Waals surface area contributed by atoms with E-state index in [1.165, 1.54) is 25.7 Å². The molecule has 0 saturated heterocycles. The van der Waals surface area contributed by atoms with Crippen LogP contribution in [0.3, 0.4) is 0 Å². The fourth-order valence-corrected chi connectivity index (χ4v) is 2.40. The molecular weight excluding hydrogens is 352 g/mol. The van der Waals surface area contributed by atoms with E-state index in [2.05, 4.69) is 47.6 Å². The van der Waals surface area contributed by atoms with Crippen LogP contribution in [-0.2, 0) is 19.4 Å². The number of hydrogen-bond acceptors (Lipinski definition) is 4. The lowest BCUT2D eigenvalue weighted by atomic mass is 10.2. The molecule has 148 valence electrons. The van der Waals surface area contributed by atoms with Gasteiger partial charge in [-0.15, -0.1) is 0 Å². The van der Waals surface area contributed by atoms with E-state index in [4.69, 9.17) is 4.55 Å². The normalized spacial score (nSPS) is 12.8. The zero-order valence-electron chi connectivity index (χ0n) is 15.7. The molecule has 0 spiro atoms. The summed E-state index contributed by atoms with van der Waals surface area (Å²) in [5, 5.41) is 0. The second-order valence-electron chi connectivity index (χ2n) is 5.86. The van der Waals surface area contributed by atoms with Crippen LogP contribution < -0.4 is 0 Å². The minimum atomic E-state index is -4.68. The highest BCUT2D eigenvalue weighted by Crippen LogP contribution is 2.03. The highest BCUT2D eigenvalue weighted by atomic mass is 32.3. The third kappa shape index (κ3) is 20.4. The van der Waals surface area contributed by atoms with Gasteiger partial charge in [0.1, 0.15) is 0 Å². The number of allylic oxidation sites excluding steroid dienone is 8. The third-order valence-corrected chi connectivity index (χ3v) is 3.80. The molecule has 0 unspecified atom stereocenters. The summed E-state index contributed by atoms with van der Waals surface area (Å²) < 4.78 is 32.8. The number of carbonyl (C=O) groups is 1. The maximum Gasteiger partial charge on any atom is 0.448 e. The van der Waals surface area contributed by atoms with Crippen molar-refractivity contribution in [2.75, 3.05) is 0 Å². The Morgan fingerprint density at radius 3 is 1.73 bits per heavy atom. The molecule has 1 N–H and O–H groups in total. The molecule has 0 heterocycles. The highest BCUT2D eigenvalue weighted by Gasteiger charge is 2.11. The zero-order chi connectivity index (χ0) is 19.5. The maximum atomic E-state index is 11.0. The van der Waals surface area contributed by atoms with Crippen LogP contribution in [0.1, 0.15) is 71.1 Å². The van der Waals surface area contributed by atoms with E-state index in [0.717, 1.165) is 19.3 Å². The van der Waals surface area contributed by atoms with Crippen LogP contribution in [0, 0.1) is 0 Å². The average Bonchev–Trinajstić information content (AvgIpc) is 2.56. The van der Waals surface area contributed by atoms with E-state index in [9.17, 15) is 13.2 Å². The van der Waals surface area contributed by atoms with E-state index in [1.54, 1.807) is 0 Å². The first-order valence-corrected chi connectivity index (χ1v) is 10.6. The van der Waals surface area contributed by atoms with Crippen molar-refractivity contribution in [2.24, 2.45) is 0 Å². The van der Waals surface area contributed by atoms with Crippen molar-refractivity contribution in [3.8, 4) is 0 Å². The Bertz CT molecular complexity index is 571. The minimum absolute atomic E-state index is 0.0438. The average molecular weight is 385 g/mol. The minimum Gasteiger partial charge on any atom is -0.325 e. The molecule has 0 atom stereocenters. The molecule has 0 saturated carbocycles. The summed E-state index contributed by atoms with van der Waals surface area (Å²) in [6, 6.07) is 0. The lowest BCUT2D eigenvalue weighted by Crippen LogP contribution is -2.11. The molecule has 0 aromatic heterocycles. The fraction of sp³-hybridized carbons (Fsp3) is 0.550. The Morgan fingerprint density at radius 1 is 0.808 bits per heavy atom. The van der Waals surface area contributed by atoms with Gasteiger partial charge in [-0.3, -0.25) is 9.35 Å². The molecule has 6 heteroatoms. The van der Waals surface area contributed by atoms with Gasteiger partial charge < -0.3 is 4.18 Å². The van der Waals surface area contributed by atoms with E-state index < -0.39 is 16.4 Å². The number of hydrogen-bond donors (Lipinski definition) is 1. The lowest BCUT2D eigenvalue weighted by molar-refractivity contribution is -0.134. The zero-order valence-corrected chi connectivity index (χ0v) is 16.5. The first kappa shape index (κ1) is 24.3. The summed E-state index contributed by atoms with van der Waals surface area (Å²) in [7, 11) is -4.68. The van der Waals surface area contributed by atoms with Crippen LogP contribution >= 0.6 is 0 Å². The molecule has 26 heavy (non-hydrogen) atoms. The van der Waals surface area contributed by atoms with Gasteiger partial charge in [-0.25, -0.2) is 0 Å². The van der Waals surface area contributed by atoms with Gasteiger partial charge in [0.25, 0.3) is 0 Å². The van der Waals surface area contributed by atoms with Gasteiger partial charge in [-0.1, -0.05) is 68.4 Å². The smallest absolute Gasteiger partial charge is 0.325 e. The van der Waals surface area contributed by atoms with Crippen LogP contribution in [0.25, 0.3) is 0 Å². The summed E-state index contributed by atoms with van der Waals surface area (Å²) in [6.07, 6.45) is 25.7. The van der Waals surface area contributed by atoms with Crippen LogP contribution in [0.2, 0.25) is 0 Å². The summed E-state index contributed by atoms with van der Waals surface area (Å²) in [5.41, 5.74) is 0. The van der Waals surface area contributed by atoms with Gasteiger partial charge in [0, 0.05) is 6.42 Å². The van der Waals surface area contributed by atoms with Crippen molar-refractivity contribution in [2.45, 2.75) is 71.1 Å². The van der Waals surface area contributed by atoms with Gasteiger partial charge in [-0.2, -0.15) is 8.42 Å². The highest BCUT2D eigenvalue weighted by molar-refractivity contribution is 7.81. The molecule has 0 aliphatic rings. The standard InChI is InChI=1S/C20H32O5S/c1-2-3-4-5-6-7-8-9-10-11-12-13-14-15-16-17-18-19-20(21)25-26(22,23)24/h6-7,9-10,12-13,15-16H,2-5,8,11,14,17-19H2,1H3,(H,22,23,24)/b7-6-,10-9-,13-12-,16-15-. The molecule has 0 aliphatic heterocycles. The summed E-state index contributed by atoms with van der Waals surface area (Å²) in [6.45, 7) is 2.21. The quantitative estimate of drug-likeness (QED) is 0.230. The van der Waals surface area contributed by atoms with Gasteiger partial charge in [-0.05, 0) is 44.9 Å². The SMILES string of the molecule is CCCCC/C=C\C/C=C\C/C=C\C/C=C\CCCC(=O)OS(=O)(=O)O. The van der Waals surface area contributed by atoms with Crippen LogP contribution in [0.4, 0.5) is 0 Å². The Morgan fingerprint density at radius 2 is 1.27 bits per heavy atom. The van der Waals surface area contributed by atoms with Crippen LogP contribution in [-0.4, -0.2) is 18.9 Å². The van der Waals surface area contributed by atoms with Crippen molar-refractivity contribution < 1.29 is 21.9 Å². The molecular formula is C20H32O5S. The molecule has 0 rings (SSSR count). The van der Waals surface area contributed by atoms with Crippen molar-refractivity contribution in [3.63, 3.8) is 0 Å². The number of carbonyl (C=O) groups excluding carboxylic acids is 1. The third-order valence-electron chi connectivity index (χ3n) is 3.41. The maximum absolute atomic E-state index is 11.0. The predicted molar refractivity (Wildman–Crippen MR) is 106 cm³/mol. The van der Waals surface area contributed by atoms with Crippen molar-refractivity contribution in [1.29, 1.82) is 0 Å². The monoisotopic (exact) mass is 384 g/mol. The van der Waals surface area contributed by atoms with Crippen molar-refractivity contribution in [3.05, 3.63) is 48.6 Å². The second kappa shape index (κ2) is 16.8. The lowest BCUT2D eigenvalue weighted by Gasteiger charge is -1.98. The van der Waals surface area contributed by atoms with E-state index >= 15 is 0 Å².